The molecule has 1 aliphatic rings. The zero-order valence-electron chi connectivity index (χ0n) is 11.0. The molecule has 98 valence electrons. The second-order valence-corrected chi connectivity index (χ2v) is 4.19. The smallest absolute Gasteiger partial charge is 0.338 e. The number of rotatable bonds is 7. The third-order valence-electron chi connectivity index (χ3n) is 2.51. The fourth-order valence-corrected chi connectivity index (χ4v) is 1.51. The summed E-state index contributed by atoms with van der Waals surface area (Å²) < 4.78 is 3.97. The maximum atomic E-state index is 9.92. The van der Waals surface area contributed by atoms with Gasteiger partial charge in [0.2, 0.25) is 0 Å². The van der Waals surface area contributed by atoms with E-state index in [0.29, 0.717) is 0 Å². The van der Waals surface area contributed by atoms with E-state index < -0.39 is 11.9 Å². The van der Waals surface area contributed by atoms with E-state index >= 15 is 0 Å². The first-order valence-corrected chi connectivity index (χ1v) is 6.64. The molecule has 1 heterocycles. The van der Waals surface area contributed by atoms with Crippen LogP contribution >= 0.6 is 0 Å². The first-order valence-electron chi connectivity index (χ1n) is 6.64. The summed E-state index contributed by atoms with van der Waals surface area (Å²) in [6.45, 7) is 4.54. The molecule has 0 aromatic heterocycles. The third-order valence-corrected chi connectivity index (χ3v) is 2.51. The zero-order valence-corrected chi connectivity index (χ0v) is 11.0. The van der Waals surface area contributed by atoms with Gasteiger partial charge in [0.1, 0.15) is 0 Å². The van der Waals surface area contributed by atoms with Crippen LogP contribution in [0.2, 0.25) is 0 Å². The van der Waals surface area contributed by atoms with Crippen molar-refractivity contribution in [3.05, 3.63) is 12.2 Å². The van der Waals surface area contributed by atoms with E-state index in [1.165, 1.54) is 51.4 Å². The van der Waals surface area contributed by atoms with Crippen molar-refractivity contribution in [2.45, 2.75) is 65.2 Å². The summed E-state index contributed by atoms with van der Waals surface area (Å²) in [7, 11) is 0. The molecular weight excluding hydrogens is 216 g/mol. The van der Waals surface area contributed by atoms with Gasteiger partial charge in [0.25, 0.3) is 0 Å². The number of carbonyl (C=O) groups is 2. The first kappa shape index (κ1) is 15.9. The number of unbranched alkanes of at least 4 members (excludes halogenated alkanes) is 7. The molecule has 0 bridgehead atoms. The predicted octanol–water partition coefficient (Wildman–Crippen LogP) is 3.77. The molecule has 0 N–H and O–H groups in total. The van der Waals surface area contributed by atoms with Gasteiger partial charge < -0.3 is 4.74 Å². The minimum absolute atomic E-state index is 0.579. The van der Waals surface area contributed by atoms with Crippen molar-refractivity contribution < 1.29 is 14.3 Å². The Morgan fingerprint density at radius 1 is 0.765 bits per heavy atom. The Morgan fingerprint density at radius 2 is 1.12 bits per heavy atom. The molecule has 0 aromatic carbocycles. The van der Waals surface area contributed by atoms with E-state index in [1.54, 1.807) is 0 Å². The summed E-state index contributed by atoms with van der Waals surface area (Å²) >= 11 is 0. The highest BCUT2D eigenvalue weighted by atomic mass is 16.6. The minimum atomic E-state index is -0.579. The Balaban J connectivity index is 0.000000318. The molecule has 3 heteroatoms. The van der Waals surface area contributed by atoms with Crippen LogP contribution in [0.15, 0.2) is 12.2 Å². The second kappa shape index (κ2) is 11.4. The molecule has 0 unspecified atom stereocenters. The van der Waals surface area contributed by atoms with Crippen LogP contribution in [0, 0.1) is 0 Å². The Morgan fingerprint density at radius 3 is 1.35 bits per heavy atom. The van der Waals surface area contributed by atoms with Gasteiger partial charge in [-0.25, -0.2) is 9.59 Å². The normalized spacial score (nSPS) is 13.3. The largest absolute Gasteiger partial charge is 0.387 e. The molecular formula is C14H24O3. The van der Waals surface area contributed by atoms with Crippen molar-refractivity contribution in [3.63, 3.8) is 0 Å². The van der Waals surface area contributed by atoms with E-state index in [2.05, 4.69) is 18.6 Å². The van der Waals surface area contributed by atoms with Gasteiger partial charge in [0, 0.05) is 12.2 Å². The lowest BCUT2D eigenvalue weighted by molar-refractivity contribution is -0.150. The molecule has 17 heavy (non-hydrogen) atoms. The van der Waals surface area contributed by atoms with Crippen LogP contribution in [0.3, 0.4) is 0 Å². The number of cyclic esters (lactones) is 2. The Labute approximate surface area is 104 Å². The van der Waals surface area contributed by atoms with Gasteiger partial charge in [-0.2, -0.15) is 0 Å². The van der Waals surface area contributed by atoms with Crippen molar-refractivity contribution in [3.8, 4) is 0 Å². The molecule has 0 radical (unpaired) electrons. The highest BCUT2D eigenvalue weighted by molar-refractivity contribution is 6.04. The minimum Gasteiger partial charge on any atom is -0.387 e. The van der Waals surface area contributed by atoms with Crippen LogP contribution in [0.5, 0.6) is 0 Å². The van der Waals surface area contributed by atoms with Gasteiger partial charge in [-0.3, -0.25) is 0 Å². The summed E-state index contributed by atoms with van der Waals surface area (Å²) in [6, 6.07) is 0. The summed E-state index contributed by atoms with van der Waals surface area (Å²) in [6.07, 6.45) is 13.6. The van der Waals surface area contributed by atoms with Gasteiger partial charge in [0.05, 0.1) is 0 Å². The van der Waals surface area contributed by atoms with Gasteiger partial charge in [-0.1, -0.05) is 65.2 Å². The summed E-state index contributed by atoms with van der Waals surface area (Å²) in [5.74, 6) is -1.16. The Bertz CT molecular complexity index is 220. The van der Waals surface area contributed by atoms with E-state index in [1.807, 2.05) is 0 Å². The number of hydrogen-bond donors (Lipinski definition) is 0. The van der Waals surface area contributed by atoms with E-state index in [9.17, 15) is 9.59 Å². The average molecular weight is 240 g/mol. The quantitative estimate of drug-likeness (QED) is 0.386. The zero-order chi connectivity index (χ0) is 12.9. The fourth-order valence-electron chi connectivity index (χ4n) is 1.51. The highest BCUT2D eigenvalue weighted by Crippen LogP contribution is 2.07. The number of carbonyl (C=O) groups excluding carboxylic acids is 2. The fraction of sp³-hybridized carbons (Fsp3) is 0.714. The van der Waals surface area contributed by atoms with Gasteiger partial charge in [-0.05, 0) is 0 Å². The molecule has 3 nitrogen and oxygen atoms in total. The number of ether oxygens (including phenoxy) is 1. The second-order valence-electron chi connectivity index (χ2n) is 4.19. The molecule has 0 spiro atoms. The van der Waals surface area contributed by atoms with Crippen LogP contribution in [0.1, 0.15) is 65.2 Å². The standard InChI is InChI=1S/C10H22.C4H2O3/c1-3-5-7-9-10-8-6-4-2;5-3-1-2-4(6)7-3/h3-10H2,1-2H3;1-2H. The van der Waals surface area contributed by atoms with E-state index in [4.69, 9.17) is 0 Å². The summed E-state index contributed by atoms with van der Waals surface area (Å²) in [4.78, 5) is 19.8. The summed E-state index contributed by atoms with van der Waals surface area (Å²) in [5, 5.41) is 0. The van der Waals surface area contributed by atoms with Gasteiger partial charge >= 0.3 is 11.9 Å². The number of hydrogen-bond acceptors (Lipinski definition) is 3. The van der Waals surface area contributed by atoms with Crippen LogP contribution in [-0.2, 0) is 14.3 Å². The van der Waals surface area contributed by atoms with Crippen molar-refractivity contribution in [1.82, 2.24) is 0 Å². The van der Waals surface area contributed by atoms with Gasteiger partial charge in [-0.15, -0.1) is 0 Å². The van der Waals surface area contributed by atoms with Crippen LogP contribution < -0.4 is 0 Å². The van der Waals surface area contributed by atoms with Crippen LogP contribution in [0.4, 0.5) is 0 Å². The first-order chi connectivity index (χ1) is 8.20. The van der Waals surface area contributed by atoms with E-state index in [0.717, 1.165) is 12.2 Å². The lowest BCUT2D eigenvalue weighted by Gasteiger charge is -1.97. The van der Waals surface area contributed by atoms with E-state index in [-0.39, 0.29) is 0 Å². The molecule has 0 saturated carbocycles. The lowest BCUT2D eigenvalue weighted by atomic mass is 10.1. The van der Waals surface area contributed by atoms with Crippen molar-refractivity contribution in [1.29, 1.82) is 0 Å². The van der Waals surface area contributed by atoms with Crippen molar-refractivity contribution in [2.75, 3.05) is 0 Å². The SMILES string of the molecule is CCCCCCCCCC.O=C1C=CC(=O)O1. The Hall–Kier alpha value is -1.12. The highest BCUT2D eigenvalue weighted by Gasteiger charge is 2.10. The van der Waals surface area contributed by atoms with Gasteiger partial charge in [0.15, 0.2) is 0 Å². The summed E-state index contributed by atoms with van der Waals surface area (Å²) in [5.41, 5.74) is 0. The monoisotopic (exact) mass is 240 g/mol. The average Bonchev–Trinajstić information content (AvgIpc) is 2.68. The maximum absolute atomic E-state index is 9.92. The molecule has 1 rings (SSSR count). The Kier molecular flexibility index (Phi) is 10.6. The van der Waals surface area contributed by atoms with Crippen LogP contribution in [-0.4, -0.2) is 11.9 Å². The lowest BCUT2D eigenvalue weighted by Crippen LogP contribution is -1.96. The predicted molar refractivity (Wildman–Crippen MR) is 68.5 cm³/mol. The molecule has 0 atom stereocenters. The molecule has 0 aliphatic carbocycles. The maximum Gasteiger partial charge on any atom is 0.338 e. The van der Waals surface area contributed by atoms with Crippen molar-refractivity contribution in [2.24, 2.45) is 0 Å². The molecule has 0 aromatic rings. The molecule has 1 aliphatic heterocycles. The topological polar surface area (TPSA) is 43.4 Å². The molecule has 0 amide bonds. The number of esters is 2. The molecule has 0 fully saturated rings. The molecule has 0 saturated heterocycles. The third kappa shape index (κ3) is 11.1. The van der Waals surface area contributed by atoms with Crippen LogP contribution in [0.25, 0.3) is 0 Å². The van der Waals surface area contributed by atoms with Crippen molar-refractivity contribution >= 4 is 11.9 Å².